The van der Waals surface area contributed by atoms with Crippen molar-refractivity contribution >= 4 is 17.5 Å². The summed E-state index contributed by atoms with van der Waals surface area (Å²) < 4.78 is 45.9. The summed E-state index contributed by atoms with van der Waals surface area (Å²) in [5, 5.41) is 16.8. The Morgan fingerprint density at radius 1 is 1.21 bits per heavy atom. The molecule has 2 aromatic carbocycles. The Bertz CT molecular complexity index is 1090. The van der Waals surface area contributed by atoms with E-state index in [0.29, 0.717) is 35.5 Å². The van der Waals surface area contributed by atoms with Crippen LogP contribution in [0.3, 0.4) is 0 Å². The fraction of sp³-hybridized carbons (Fsp3) is 0.333. The molecule has 7 nitrogen and oxygen atoms in total. The van der Waals surface area contributed by atoms with Gasteiger partial charge in [-0.1, -0.05) is 18.2 Å². The van der Waals surface area contributed by atoms with E-state index >= 15 is 0 Å². The molecule has 182 valence electrons. The zero-order chi connectivity index (χ0) is 25.0. The molecule has 1 heterocycles. The normalized spacial score (nSPS) is 14.8. The monoisotopic (exact) mass is 477 g/mol. The van der Waals surface area contributed by atoms with Gasteiger partial charge in [0.2, 0.25) is 5.90 Å². The molecule has 0 atom stereocenters. The number of aliphatic hydroxyl groups is 1. The minimum atomic E-state index is -4.74. The van der Waals surface area contributed by atoms with Gasteiger partial charge in [-0.15, -0.1) is 13.2 Å². The van der Waals surface area contributed by atoms with Crippen molar-refractivity contribution in [2.75, 3.05) is 26.3 Å². The number of likely N-dealkylation sites (tertiary alicyclic amines) is 1. The van der Waals surface area contributed by atoms with Crippen LogP contribution in [0.15, 0.2) is 48.0 Å². The van der Waals surface area contributed by atoms with Crippen LogP contribution in [0.2, 0.25) is 0 Å². The lowest BCUT2D eigenvalue weighted by molar-refractivity contribution is -0.274. The van der Waals surface area contributed by atoms with E-state index in [1.54, 1.807) is 42.2 Å². The second kappa shape index (κ2) is 10.2. The standard InChI is InChI=1S/C24H26F3N3O4/c1-14-3-4-17(11-20(14)21(28)15(2)22(29)33-10-9-31)23(32)30-12-18(13-30)16-5-7-19(8-6-16)34-24(25,26)27/h3-8,11,18,29,31H,9-10,12-13,28H2,1-2H3. The molecule has 0 aromatic heterocycles. The zero-order valence-corrected chi connectivity index (χ0v) is 18.8. The highest BCUT2D eigenvalue weighted by Crippen LogP contribution is 2.31. The molecule has 10 heteroatoms. The zero-order valence-electron chi connectivity index (χ0n) is 18.8. The lowest BCUT2D eigenvalue weighted by atomic mass is 9.90. The maximum absolute atomic E-state index is 13.0. The minimum absolute atomic E-state index is 0.0187. The fourth-order valence-electron chi connectivity index (χ4n) is 3.60. The Morgan fingerprint density at radius 2 is 1.85 bits per heavy atom. The largest absolute Gasteiger partial charge is 0.573 e. The van der Waals surface area contributed by atoms with Crippen molar-refractivity contribution in [3.63, 3.8) is 0 Å². The number of hydrogen-bond acceptors (Lipinski definition) is 6. The van der Waals surface area contributed by atoms with E-state index in [2.05, 4.69) is 4.74 Å². The SMILES string of the molecule is CC(C(=N)OCCO)=C(N)c1cc(C(=O)N2CC(c3ccc(OC(F)(F)F)cc3)C2)ccc1C. The number of nitrogens with two attached hydrogens (primary N) is 1. The molecule has 0 bridgehead atoms. The van der Waals surface area contributed by atoms with Gasteiger partial charge in [0, 0.05) is 41.4 Å². The van der Waals surface area contributed by atoms with E-state index in [1.165, 1.54) is 12.1 Å². The Morgan fingerprint density at radius 3 is 2.44 bits per heavy atom. The number of aryl methyl sites for hydroxylation is 1. The third-order valence-corrected chi connectivity index (χ3v) is 5.61. The topological polar surface area (TPSA) is 109 Å². The van der Waals surface area contributed by atoms with Crippen LogP contribution >= 0.6 is 0 Å². The number of carbonyl (C=O) groups is 1. The maximum atomic E-state index is 13.0. The Hall–Kier alpha value is -3.53. The van der Waals surface area contributed by atoms with Crippen molar-refractivity contribution in [1.29, 1.82) is 5.41 Å². The van der Waals surface area contributed by atoms with Gasteiger partial charge in [0.25, 0.3) is 5.91 Å². The van der Waals surface area contributed by atoms with E-state index in [4.69, 9.17) is 21.0 Å². The molecule has 0 saturated carbocycles. The molecule has 1 aliphatic heterocycles. The van der Waals surface area contributed by atoms with Crippen molar-refractivity contribution < 1.29 is 32.5 Å². The number of carbonyl (C=O) groups excluding carboxylic acids is 1. The van der Waals surface area contributed by atoms with Gasteiger partial charge < -0.3 is 25.2 Å². The van der Waals surface area contributed by atoms with Gasteiger partial charge in [0.15, 0.2) is 0 Å². The predicted molar refractivity (Wildman–Crippen MR) is 120 cm³/mol. The van der Waals surface area contributed by atoms with E-state index in [0.717, 1.165) is 11.1 Å². The molecule has 0 unspecified atom stereocenters. The lowest BCUT2D eigenvalue weighted by Crippen LogP contribution is -2.48. The van der Waals surface area contributed by atoms with Gasteiger partial charge in [-0.3, -0.25) is 10.2 Å². The van der Waals surface area contributed by atoms with Gasteiger partial charge in [-0.05, 0) is 49.2 Å². The van der Waals surface area contributed by atoms with Gasteiger partial charge in [-0.25, -0.2) is 0 Å². The average Bonchev–Trinajstić information content (AvgIpc) is 2.75. The molecule has 2 aromatic rings. The minimum Gasteiger partial charge on any atom is -0.475 e. The van der Waals surface area contributed by atoms with Crippen molar-refractivity contribution in [2.45, 2.75) is 26.1 Å². The molecule has 0 aliphatic carbocycles. The first-order valence-electron chi connectivity index (χ1n) is 10.5. The number of nitrogens with zero attached hydrogens (tertiary/aromatic N) is 1. The van der Waals surface area contributed by atoms with Crippen LogP contribution in [0.5, 0.6) is 5.75 Å². The van der Waals surface area contributed by atoms with Crippen molar-refractivity contribution in [3.05, 3.63) is 70.3 Å². The van der Waals surface area contributed by atoms with Crippen LogP contribution in [-0.4, -0.2) is 54.5 Å². The van der Waals surface area contributed by atoms with Gasteiger partial charge in [0.1, 0.15) is 12.4 Å². The second-order valence-electron chi connectivity index (χ2n) is 7.99. The number of hydrogen-bond donors (Lipinski definition) is 3. The number of rotatable bonds is 7. The molecular weight excluding hydrogens is 451 g/mol. The predicted octanol–water partition coefficient (Wildman–Crippen LogP) is 3.81. The number of benzene rings is 2. The average molecular weight is 477 g/mol. The lowest BCUT2D eigenvalue weighted by Gasteiger charge is -2.39. The molecule has 3 rings (SSSR count). The van der Waals surface area contributed by atoms with E-state index < -0.39 is 6.36 Å². The first-order valence-corrected chi connectivity index (χ1v) is 10.5. The molecule has 1 saturated heterocycles. The molecular formula is C24H26F3N3O4. The quantitative estimate of drug-likeness (QED) is 0.415. The fourth-order valence-corrected chi connectivity index (χ4v) is 3.60. The Balaban J connectivity index is 1.68. The molecule has 0 spiro atoms. The number of ether oxygens (including phenoxy) is 2. The van der Waals surface area contributed by atoms with Crippen molar-refractivity contribution in [1.82, 2.24) is 4.90 Å². The first kappa shape index (κ1) is 25.1. The number of halogens is 3. The van der Waals surface area contributed by atoms with Crippen LogP contribution in [-0.2, 0) is 4.74 Å². The maximum Gasteiger partial charge on any atom is 0.573 e. The van der Waals surface area contributed by atoms with Gasteiger partial charge >= 0.3 is 6.36 Å². The summed E-state index contributed by atoms with van der Waals surface area (Å²) in [6.45, 7) is 4.11. The molecule has 34 heavy (non-hydrogen) atoms. The Kier molecular flexibility index (Phi) is 7.51. The molecule has 1 amide bonds. The number of amides is 1. The highest BCUT2D eigenvalue weighted by Gasteiger charge is 2.34. The van der Waals surface area contributed by atoms with Gasteiger partial charge in [0.05, 0.1) is 6.61 Å². The summed E-state index contributed by atoms with van der Waals surface area (Å²) in [5.74, 6) is -0.608. The first-order chi connectivity index (χ1) is 16.0. The molecule has 1 fully saturated rings. The van der Waals surface area contributed by atoms with Crippen molar-refractivity contribution in [2.24, 2.45) is 5.73 Å². The molecule has 4 N–H and O–H groups in total. The van der Waals surface area contributed by atoms with Crippen LogP contribution in [0.1, 0.15) is 39.9 Å². The van der Waals surface area contributed by atoms with Crippen LogP contribution in [0, 0.1) is 12.3 Å². The summed E-state index contributed by atoms with van der Waals surface area (Å²) in [4.78, 5) is 14.6. The van der Waals surface area contributed by atoms with Crippen LogP contribution in [0.4, 0.5) is 13.2 Å². The summed E-state index contributed by atoms with van der Waals surface area (Å²) in [6, 6.07) is 10.8. The number of aliphatic hydroxyl groups excluding tert-OH is 1. The molecule has 1 aliphatic rings. The van der Waals surface area contributed by atoms with E-state index in [9.17, 15) is 18.0 Å². The smallest absolute Gasteiger partial charge is 0.475 e. The summed E-state index contributed by atoms with van der Waals surface area (Å²) >= 11 is 0. The summed E-state index contributed by atoms with van der Waals surface area (Å²) in [5.41, 5.74) is 9.64. The van der Waals surface area contributed by atoms with Crippen molar-refractivity contribution in [3.8, 4) is 5.75 Å². The van der Waals surface area contributed by atoms with E-state index in [1.807, 2.05) is 6.92 Å². The highest BCUT2D eigenvalue weighted by molar-refractivity contribution is 6.00. The second-order valence-corrected chi connectivity index (χ2v) is 7.99. The summed E-state index contributed by atoms with van der Waals surface area (Å²) in [7, 11) is 0. The van der Waals surface area contributed by atoms with Gasteiger partial charge in [-0.2, -0.15) is 0 Å². The number of nitrogens with one attached hydrogen (secondary N) is 1. The Labute approximate surface area is 195 Å². The third-order valence-electron chi connectivity index (χ3n) is 5.61. The summed E-state index contributed by atoms with van der Waals surface area (Å²) in [6.07, 6.45) is -4.74. The number of alkyl halides is 3. The van der Waals surface area contributed by atoms with Crippen LogP contribution in [0.25, 0.3) is 5.70 Å². The van der Waals surface area contributed by atoms with E-state index in [-0.39, 0.29) is 36.7 Å². The van der Waals surface area contributed by atoms with Crippen LogP contribution < -0.4 is 10.5 Å². The molecule has 0 radical (unpaired) electrons. The third kappa shape index (κ3) is 5.88. The highest BCUT2D eigenvalue weighted by atomic mass is 19.4.